The zero-order chi connectivity index (χ0) is 15.0. The Morgan fingerprint density at radius 3 is 2.77 bits per heavy atom. The molecule has 3 fully saturated rings. The van der Waals surface area contributed by atoms with Gasteiger partial charge in [-0.15, -0.1) is 0 Å². The number of carbonyl (C=O) groups is 1. The molecule has 3 aliphatic rings. The van der Waals surface area contributed by atoms with E-state index in [0.717, 1.165) is 57.7 Å². The molecule has 0 aromatic carbocycles. The summed E-state index contributed by atoms with van der Waals surface area (Å²) in [4.78, 5) is 14.8. The van der Waals surface area contributed by atoms with Crippen LogP contribution in [0.2, 0.25) is 0 Å². The average Bonchev–Trinajstić information content (AvgIpc) is 3.24. The van der Waals surface area contributed by atoms with Gasteiger partial charge >= 0.3 is 0 Å². The summed E-state index contributed by atoms with van der Waals surface area (Å²) < 4.78 is 10.7. The van der Waals surface area contributed by atoms with Gasteiger partial charge in [-0.05, 0) is 32.1 Å². The van der Waals surface area contributed by atoms with Gasteiger partial charge in [0.25, 0.3) is 5.91 Å². The Labute approximate surface area is 130 Å². The standard InChI is InChI=1S/C16H23N3O3/c20-15(13-10-14(22-18-13)12-2-3-12)17-11-16(4-1-5-16)19-6-8-21-9-7-19/h10,12H,1-9,11H2,(H,17,20). The normalized spacial score (nSPS) is 24.7. The lowest BCUT2D eigenvalue weighted by atomic mass is 9.75. The third-order valence-electron chi connectivity index (χ3n) is 5.28. The lowest BCUT2D eigenvalue weighted by Gasteiger charge is -2.51. The van der Waals surface area contributed by atoms with Crippen molar-refractivity contribution in [1.29, 1.82) is 0 Å². The average molecular weight is 305 g/mol. The summed E-state index contributed by atoms with van der Waals surface area (Å²) in [7, 11) is 0. The van der Waals surface area contributed by atoms with E-state index in [2.05, 4.69) is 15.4 Å². The molecule has 0 spiro atoms. The Balaban J connectivity index is 1.36. The summed E-state index contributed by atoms with van der Waals surface area (Å²) in [6, 6.07) is 1.80. The molecule has 0 unspecified atom stereocenters. The van der Waals surface area contributed by atoms with Crippen molar-refractivity contribution in [2.75, 3.05) is 32.8 Å². The Morgan fingerprint density at radius 1 is 1.36 bits per heavy atom. The second-order valence-corrected chi connectivity index (χ2v) is 6.75. The fraction of sp³-hybridized carbons (Fsp3) is 0.750. The van der Waals surface area contributed by atoms with Crippen LogP contribution in [-0.4, -0.2) is 54.4 Å². The molecule has 4 rings (SSSR count). The summed E-state index contributed by atoms with van der Waals surface area (Å²) >= 11 is 0. The summed E-state index contributed by atoms with van der Waals surface area (Å²) in [5.41, 5.74) is 0.543. The number of aromatic nitrogens is 1. The molecule has 1 amide bonds. The van der Waals surface area contributed by atoms with Gasteiger partial charge in [-0.2, -0.15) is 0 Å². The minimum atomic E-state index is -0.116. The minimum absolute atomic E-state index is 0.116. The number of rotatable bonds is 5. The first-order chi connectivity index (χ1) is 10.8. The molecule has 2 saturated carbocycles. The first-order valence-corrected chi connectivity index (χ1v) is 8.34. The first kappa shape index (κ1) is 14.2. The number of nitrogens with one attached hydrogen (secondary N) is 1. The van der Waals surface area contributed by atoms with Gasteiger partial charge in [0.2, 0.25) is 0 Å². The number of hydrogen-bond acceptors (Lipinski definition) is 5. The molecule has 1 aliphatic heterocycles. The molecule has 1 aromatic rings. The van der Waals surface area contributed by atoms with Gasteiger partial charge in [0.15, 0.2) is 5.69 Å². The molecule has 1 aromatic heterocycles. The summed E-state index contributed by atoms with van der Waals surface area (Å²) in [5, 5.41) is 6.98. The number of carbonyl (C=O) groups excluding carboxylic acids is 1. The molecule has 1 N–H and O–H groups in total. The van der Waals surface area contributed by atoms with Crippen molar-refractivity contribution >= 4 is 5.91 Å². The van der Waals surface area contributed by atoms with Crippen LogP contribution in [0.15, 0.2) is 10.6 Å². The van der Waals surface area contributed by atoms with E-state index >= 15 is 0 Å². The third-order valence-corrected chi connectivity index (χ3v) is 5.28. The zero-order valence-electron chi connectivity index (χ0n) is 12.8. The van der Waals surface area contributed by atoms with Gasteiger partial charge in [-0.3, -0.25) is 9.69 Å². The fourth-order valence-electron chi connectivity index (χ4n) is 3.52. The second kappa shape index (κ2) is 5.66. The highest BCUT2D eigenvalue weighted by Crippen LogP contribution is 2.40. The topological polar surface area (TPSA) is 67.6 Å². The lowest BCUT2D eigenvalue weighted by molar-refractivity contribution is -0.0540. The molecule has 2 heterocycles. The molecule has 2 aliphatic carbocycles. The maximum Gasteiger partial charge on any atom is 0.273 e. The van der Waals surface area contributed by atoms with E-state index in [1.165, 1.54) is 6.42 Å². The molecule has 6 heteroatoms. The monoisotopic (exact) mass is 305 g/mol. The molecule has 6 nitrogen and oxygen atoms in total. The van der Waals surface area contributed by atoms with Gasteiger partial charge < -0.3 is 14.6 Å². The predicted octanol–water partition coefficient (Wildman–Crippen LogP) is 1.54. The van der Waals surface area contributed by atoms with Crippen molar-refractivity contribution in [1.82, 2.24) is 15.4 Å². The summed E-state index contributed by atoms with van der Waals surface area (Å²) in [6.07, 6.45) is 5.84. The van der Waals surface area contributed by atoms with Crippen LogP contribution in [0, 0.1) is 0 Å². The van der Waals surface area contributed by atoms with E-state index < -0.39 is 0 Å². The van der Waals surface area contributed by atoms with Crippen LogP contribution in [0.5, 0.6) is 0 Å². The quantitative estimate of drug-likeness (QED) is 0.893. The van der Waals surface area contributed by atoms with E-state index in [9.17, 15) is 4.79 Å². The van der Waals surface area contributed by atoms with Crippen LogP contribution in [0.1, 0.15) is 54.3 Å². The summed E-state index contributed by atoms with van der Waals surface area (Å²) in [6.45, 7) is 4.21. The SMILES string of the molecule is O=C(NCC1(N2CCOCC2)CCC1)c1cc(C2CC2)on1. The molecule has 120 valence electrons. The maximum absolute atomic E-state index is 12.3. The molecular weight excluding hydrogens is 282 g/mol. The molecular formula is C16H23N3O3. The maximum atomic E-state index is 12.3. The van der Waals surface area contributed by atoms with Crippen molar-refractivity contribution in [3.05, 3.63) is 17.5 Å². The van der Waals surface area contributed by atoms with Crippen molar-refractivity contribution in [2.24, 2.45) is 0 Å². The van der Waals surface area contributed by atoms with E-state index in [0.29, 0.717) is 18.2 Å². The van der Waals surface area contributed by atoms with Gasteiger partial charge in [-0.1, -0.05) is 5.16 Å². The van der Waals surface area contributed by atoms with E-state index in [-0.39, 0.29) is 11.4 Å². The minimum Gasteiger partial charge on any atom is -0.379 e. The largest absolute Gasteiger partial charge is 0.379 e. The zero-order valence-corrected chi connectivity index (χ0v) is 12.8. The third kappa shape index (κ3) is 2.65. The van der Waals surface area contributed by atoms with Crippen LogP contribution in [0.25, 0.3) is 0 Å². The van der Waals surface area contributed by atoms with E-state index in [1.54, 1.807) is 6.07 Å². The highest BCUT2D eigenvalue weighted by Gasteiger charge is 2.43. The van der Waals surface area contributed by atoms with E-state index in [4.69, 9.17) is 9.26 Å². The van der Waals surface area contributed by atoms with Gasteiger partial charge in [0.1, 0.15) is 5.76 Å². The Morgan fingerprint density at radius 2 is 2.14 bits per heavy atom. The molecule has 1 saturated heterocycles. The van der Waals surface area contributed by atoms with Crippen LogP contribution in [0.4, 0.5) is 0 Å². The van der Waals surface area contributed by atoms with Crippen LogP contribution in [0.3, 0.4) is 0 Å². The fourth-order valence-corrected chi connectivity index (χ4v) is 3.52. The Bertz CT molecular complexity index is 543. The Hall–Kier alpha value is -1.40. The highest BCUT2D eigenvalue weighted by atomic mass is 16.5. The predicted molar refractivity (Wildman–Crippen MR) is 79.8 cm³/mol. The molecule has 22 heavy (non-hydrogen) atoms. The molecule has 0 atom stereocenters. The van der Waals surface area contributed by atoms with Crippen molar-refractivity contribution in [3.63, 3.8) is 0 Å². The second-order valence-electron chi connectivity index (χ2n) is 6.75. The van der Waals surface area contributed by atoms with Crippen molar-refractivity contribution < 1.29 is 14.1 Å². The number of hydrogen-bond donors (Lipinski definition) is 1. The van der Waals surface area contributed by atoms with Crippen LogP contribution in [-0.2, 0) is 4.74 Å². The van der Waals surface area contributed by atoms with Gasteiger partial charge in [0, 0.05) is 37.2 Å². The summed E-state index contributed by atoms with van der Waals surface area (Å²) in [5.74, 6) is 1.23. The Kier molecular flexibility index (Phi) is 3.66. The number of amides is 1. The van der Waals surface area contributed by atoms with Gasteiger partial charge in [0.05, 0.1) is 13.2 Å². The smallest absolute Gasteiger partial charge is 0.273 e. The van der Waals surface area contributed by atoms with Crippen LogP contribution >= 0.6 is 0 Å². The first-order valence-electron chi connectivity index (χ1n) is 8.34. The lowest BCUT2D eigenvalue weighted by Crippen LogP contribution is -2.62. The number of ether oxygens (including phenoxy) is 1. The number of morpholine rings is 1. The van der Waals surface area contributed by atoms with E-state index in [1.807, 2.05) is 0 Å². The van der Waals surface area contributed by atoms with Crippen LogP contribution < -0.4 is 5.32 Å². The number of nitrogens with zero attached hydrogens (tertiary/aromatic N) is 2. The molecule has 0 bridgehead atoms. The van der Waals surface area contributed by atoms with Gasteiger partial charge in [-0.25, -0.2) is 0 Å². The highest BCUT2D eigenvalue weighted by molar-refractivity contribution is 5.92. The van der Waals surface area contributed by atoms with Crippen molar-refractivity contribution in [2.45, 2.75) is 43.6 Å². The van der Waals surface area contributed by atoms with Crippen molar-refractivity contribution in [3.8, 4) is 0 Å². The molecule has 0 radical (unpaired) electrons.